The van der Waals surface area contributed by atoms with E-state index < -0.39 is 0 Å². The summed E-state index contributed by atoms with van der Waals surface area (Å²) in [5.41, 5.74) is 2.84. The van der Waals surface area contributed by atoms with Crippen LogP contribution in [0.3, 0.4) is 0 Å². The van der Waals surface area contributed by atoms with Gasteiger partial charge in [0.25, 0.3) is 11.6 Å². The van der Waals surface area contributed by atoms with Gasteiger partial charge in [-0.05, 0) is 31.7 Å². The summed E-state index contributed by atoms with van der Waals surface area (Å²) in [5, 5.41) is 4.97. The lowest BCUT2D eigenvalue weighted by Gasteiger charge is -2.39. The van der Waals surface area contributed by atoms with Crippen LogP contribution in [0.1, 0.15) is 73.6 Å². The summed E-state index contributed by atoms with van der Waals surface area (Å²) >= 11 is 0. The minimum atomic E-state index is -0.207. The molecule has 0 N–H and O–H groups in total. The zero-order chi connectivity index (χ0) is 21.4. The fraction of sp³-hybridized carbons (Fsp3) is 0.636. The number of piperazine rings is 1. The SMILES string of the molecule is COC(=O)CCN1CCN(C(=O)c2cc(C3CC3)nc3onc(C(C)C)c23)C[C@@H]1C. The van der Waals surface area contributed by atoms with Gasteiger partial charge in [-0.3, -0.25) is 14.5 Å². The second-order valence-corrected chi connectivity index (χ2v) is 8.73. The van der Waals surface area contributed by atoms with Crippen molar-refractivity contribution < 1.29 is 18.8 Å². The lowest BCUT2D eigenvalue weighted by molar-refractivity contribution is -0.141. The Labute approximate surface area is 176 Å². The Morgan fingerprint density at radius 3 is 2.70 bits per heavy atom. The predicted octanol–water partition coefficient (Wildman–Crippen LogP) is 2.93. The van der Waals surface area contributed by atoms with Gasteiger partial charge < -0.3 is 14.2 Å². The van der Waals surface area contributed by atoms with E-state index in [-0.39, 0.29) is 23.8 Å². The number of fused-ring (bicyclic) bond motifs is 1. The quantitative estimate of drug-likeness (QED) is 0.672. The van der Waals surface area contributed by atoms with Gasteiger partial charge in [-0.1, -0.05) is 19.0 Å². The first-order valence-corrected chi connectivity index (χ1v) is 10.8. The van der Waals surface area contributed by atoms with Crippen LogP contribution < -0.4 is 0 Å². The van der Waals surface area contributed by atoms with Gasteiger partial charge in [0.2, 0.25) is 0 Å². The van der Waals surface area contributed by atoms with Crippen LogP contribution >= 0.6 is 0 Å². The number of carbonyl (C=O) groups is 2. The molecule has 1 amide bonds. The second kappa shape index (κ2) is 8.34. The van der Waals surface area contributed by atoms with Crippen molar-refractivity contribution in [2.24, 2.45) is 0 Å². The van der Waals surface area contributed by atoms with Gasteiger partial charge in [0.15, 0.2) is 0 Å². The molecule has 1 aliphatic heterocycles. The third kappa shape index (κ3) is 4.05. The predicted molar refractivity (Wildman–Crippen MR) is 111 cm³/mol. The number of hydrogen-bond donors (Lipinski definition) is 0. The Morgan fingerprint density at radius 1 is 1.30 bits per heavy atom. The molecule has 8 nitrogen and oxygen atoms in total. The topological polar surface area (TPSA) is 88.8 Å². The van der Waals surface area contributed by atoms with Crippen molar-refractivity contribution in [3.63, 3.8) is 0 Å². The van der Waals surface area contributed by atoms with Gasteiger partial charge in [0.1, 0.15) is 0 Å². The molecule has 2 aromatic rings. The van der Waals surface area contributed by atoms with Gasteiger partial charge in [-0.25, -0.2) is 4.98 Å². The highest BCUT2D eigenvalue weighted by molar-refractivity contribution is 6.06. The highest BCUT2D eigenvalue weighted by Crippen LogP contribution is 2.41. The maximum absolute atomic E-state index is 13.6. The molecule has 0 bridgehead atoms. The zero-order valence-corrected chi connectivity index (χ0v) is 18.2. The molecule has 1 aliphatic carbocycles. The first kappa shape index (κ1) is 20.8. The molecular weight excluding hydrogens is 384 g/mol. The van der Waals surface area contributed by atoms with E-state index in [0.717, 1.165) is 36.2 Å². The Hall–Kier alpha value is -2.48. The maximum atomic E-state index is 13.6. The molecule has 0 spiro atoms. The van der Waals surface area contributed by atoms with E-state index in [1.807, 2.05) is 24.8 Å². The van der Waals surface area contributed by atoms with Crippen LogP contribution in [0.4, 0.5) is 0 Å². The maximum Gasteiger partial charge on any atom is 0.306 e. The lowest BCUT2D eigenvalue weighted by atomic mass is 10.0. The molecule has 1 atom stereocenters. The van der Waals surface area contributed by atoms with E-state index in [2.05, 4.69) is 22.0 Å². The molecule has 2 aliphatic rings. The number of aromatic nitrogens is 2. The van der Waals surface area contributed by atoms with Crippen LogP contribution in [-0.4, -0.2) is 71.1 Å². The average molecular weight is 415 g/mol. The van der Waals surface area contributed by atoms with E-state index >= 15 is 0 Å². The molecule has 4 rings (SSSR count). The minimum absolute atomic E-state index is 0.00821. The number of ether oxygens (including phenoxy) is 1. The molecule has 1 saturated heterocycles. The molecule has 2 aromatic heterocycles. The summed E-state index contributed by atoms with van der Waals surface area (Å²) in [5.74, 6) is 0.359. The Kier molecular flexibility index (Phi) is 5.77. The molecule has 1 saturated carbocycles. The second-order valence-electron chi connectivity index (χ2n) is 8.73. The van der Waals surface area contributed by atoms with Crippen molar-refractivity contribution in [1.29, 1.82) is 0 Å². The zero-order valence-electron chi connectivity index (χ0n) is 18.2. The van der Waals surface area contributed by atoms with E-state index in [1.165, 1.54) is 7.11 Å². The molecule has 162 valence electrons. The van der Waals surface area contributed by atoms with Crippen LogP contribution in [0.15, 0.2) is 10.6 Å². The van der Waals surface area contributed by atoms with Crippen LogP contribution in [0, 0.1) is 0 Å². The lowest BCUT2D eigenvalue weighted by Crippen LogP contribution is -2.54. The van der Waals surface area contributed by atoms with Crippen molar-refractivity contribution in [3.05, 3.63) is 23.0 Å². The van der Waals surface area contributed by atoms with E-state index in [0.29, 0.717) is 43.2 Å². The molecule has 8 heteroatoms. The van der Waals surface area contributed by atoms with Gasteiger partial charge in [0, 0.05) is 43.8 Å². The fourth-order valence-electron chi connectivity index (χ4n) is 4.16. The third-order valence-electron chi connectivity index (χ3n) is 6.15. The molecule has 30 heavy (non-hydrogen) atoms. The third-order valence-corrected chi connectivity index (χ3v) is 6.15. The fourth-order valence-corrected chi connectivity index (χ4v) is 4.16. The monoisotopic (exact) mass is 414 g/mol. The molecular formula is C22H30N4O4. The van der Waals surface area contributed by atoms with Crippen LogP contribution in [0.2, 0.25) is 0 Å². The van der Waals surface area contributed by atoms with Crippen LogP contribution in [-0.2, 0) is 9.53 Å². The number of pyridine rings is 1. The van der Waals surface area contributed by atoms with Crippen molar-refractivity contribution in [3.8, 4) is 0 Å². The summed E-state index contributed by atoms with van der Waals surface area (Å²) in [6, 6.07) is 2.12. The number of hydrogen-bond acceptors (Lipinski definition) is 7. The molecule has 2 fully saturated rings. The van der Waals surface area contributed by atoms with E-state index in [9.17, 15) is 9.59 Å². The number of methoxy groups -OCH3 is 1. The Bertz CT molecular complexity index is 950. The summed E-state index contributed by atoms with van der Waals surface area (Å²) in [6.45, 7) is 8.79. The Balaban J connectivity index is 1.57. The minimum Gasteiger partial charge on any atom is -0.469 e. The van der Waals surface area contributed by atoms with Crippen LogP contribution in [0.5, 0.6) is 0 Å². The van der Waals surface area contributed by atoms with E-state index in [1.54, 1.807) is 0 Å². The smallest absolute Gasteiger partial charge is 0.306 e. The molecule has 3 heterocycles. The first-order chi connectivity index (χ1) is 14.4. The Morgan fingerprint density at radius 2 is 2.07 bits per heavy atom. The first-order valence-electron chi connectivity index (χ1n) is 10.8. The number of carbonyl (C=O) groups excluding carboxylic acids is 2. The molecule has 0 aromatic carbocycles. The van der Waals surface area contributed by atoms with Crippen molar-refractivity contribution >= 4 is 23.0 Å². The summed E-state index contributed by atoms with van der Waals surface area (Å²) in [4.78, 5) is 33.8. The van der Waals surface area contributed by atoms with Crippen molar-refractivity contribution in [2.45, 2.75) is 57.9 Å². The van der Waals surface area contributed by atoms with E-state index in [4.69, 9.17) is 9.26 Å². The van der Waals surface area contributed by atoms with Crippen LogP contribution in [0.25, 0.3) is 11.1 Å². The summed E-state index contributed by atoms with van der Waals surface area (Å²) in [6.07, 6.45) is 2.57. The number of esters is 1. The number of rotatable bonds is 6. The van der Waals surface area contributed by atoms with Gasteiger partial charge in [-0.15, -0.1) is 0 Å². The van der Waals surface area contributed by atoms with Gasteiger partial charge >= 0.3 is 5.97 Å². The number of amides is 1. The average Bonchev–Trinajstić information content (AvgIpc) is 3.49. The molecule has 0 unspecified atom stereocenters. The highest BCUT2D eigenvalue weighted by atomic mass is 16.5. The van der Waals surface area contributed by atoms with Crippen molar-refractivity contribution in [2.75, 3.05) is 33.3 Å². The summed E-state index contributed by atoms with van der Waals surface area (Å²) < 4.78 is 10.3. The van der Waals surface area contributed by atoms with Gasteiger partial charge in [0.05, 0.1) is 30.2 Å². The highest BCUT2D eigenvalue weighted by Gasteiger charge is 2.33. The largest absolute Gasteiger partial charge is 0.469 e. The molecule has 0 radical (unpaired) electrons. The van der Waals surface area contributed by atoms with Crippen molar-refractivity contribution in [1.82, 2.24) is 19.9 Å². The van der Waals surface area contributed by atoms with Gasteiger partial charge in [-0.2, -0.15) is 0 Å². The standard InChI is InChI=1S/C22H30N4O4/c1-13(2)20-19-16(11-17(15-5-6-15)23-21(19)30-24-20)22(28)26-10-9-25(14(3)12-26)8-7-18(27)29-4/h11,13-15H,5-10,12H2,1-4H3/t14-/m0/s1. The number of nitrogens with zero attached hydrogens (tertiary/aromatic N) is 4. The summed E-state index contributed by atoms with van der Waals surface area (Å²) in [7, 11) is 1.41. The normalized spacial score (nSPS) is 20.2.